The first-order valence-corrected chi connectivity index (χ1v) is 11.8. The summed E-state index contributed by atoms with van der Waals surface area (Å²) >= 11 is 1.26. The number of hydrogen-bond acceptors (Lipinski definition) is 5. The SMILES string of the molecule is CC1=C(C(N)=O)[C@H](c2nccs2)N(C(=O)c2ccc(C(C)(C)C)cc2)[C@]1(CC(C)C)C(=O)O. The zero-order valence-electron chi connectivity index (χ0n) is 19.9. The van der Waals surface area contributed by atoms with Crippen LogP contribution in [0.15, 0.2) is 47.0 Å². The minimum atomic E-state index is -1.71. The minimum absolute atomic E-state index is 0.0706. The summed E-state index contributed by atoms with van der Waals surface area (Å²) in [7, 11) is 0. The average molecular weight is 470 g/mol. The molecule has 0 saturated carbocycles. The summed E-state index contributed by atoms with van der Waals surface area (Å²) in [5.74, 6) is -2.49. The van der Waals surface area contributed by atoms with Crippen LogP contribution in [0.2, 0.25) is 0 Å². The van der Waals surface area contributed by atoms with E-state index in [9.17, 15) is 19.5 Å². The highest BCUT2D eigenvalue weighted by Gasteiger charge is 2.59. The van der Waals surface area contributed by atoms with E-state index in [2.05, 4.69) is 25.8 Å². The lowest BCUT2D eigenvalue weighted by Gasteiger charge is -2.40. The highest BCUT2D eigenvalue weighted by Crippen LogP contribution is 2.50. The lowest BCUT2D eigenvalue weighted by molar-refractivity contribution is -0.148. The molecule has 1 aliphatic heterocycles. The summed E-state index contributed by atoms with van der Waals surface area (Å²) in [5.41, 5.74) is 5.74. The topological polar surface area (TPSA) is 114 Å². The van der Waals surface area contributed by atoms with Crippen molar-refractivity contribution in [1.29, 1.82) is 0 Å². The van der Waals surface area contributed by atoms with Gasteiger partial charge in [0.05, 0.1) is 0 Å². The monoisotopic (exact) mass is 469 g/mol. The Balaban J connectivity index is 2.26. The molecule has 0 unspecified atom stereocenters. The molecule has 2 heterocycles. The molecule has 33 heavy (non-hydrogen) atoms. The van der Waals surface area contributed by atoms with Crippen molar-refractivity contribution in [2.45, 2.75) is 65.0 Å². The first-order valence-electron chi connectivity index (χ1n) is 10.9. The molecule has 7 nitrogen and oxygen atoms in total. The fraction of sp³-hybridized carbons (Fsp3) is 0.440. The van der Waals surface area contributed by atoms with Gasteiger partial charge < -0.3 is 15.7 Å². The number of carboxylic acids is 1. The van der Waals surface area contributed by atoms with Crippen molar-refractivity contribution in [3.63, 3.8) is 0 Å². The molecule has 2 atom stereocenters. The Morgan fingerprint density at radius 2 is 1.82 bits per heavy atom. The molecule has 1 aromatic heterocycles. The number of primary amides is 1. The van der Waals surface area contributed by atoms with Crippen molar-refractivity contribution >= 4 is 29.1 Å². The van der Waals surface area contributed by atoms with Gasteiger partial charge in [0.2, 0.25) is 5.91 Å². The van der Waals surface area contributed by atoms with Crippen LogP contribution in [0.25, 0.3) is 0 Å². The van der Waals surface area contributed by atoms with Crippen LogP contribution in [-0.4, -0.2) is 38.3 Å². The number of amides is 2. The number of carboxylic acid groups (broad SMARTS) is 1. The Hall–Kier alpha value is -3.00. The standard InChI is InChI=1S/C25H31N3O4S/c1-14(2)13-25(23(31)32)15(3)18(20(26)29)19(21-27-11-12-33-21)28(25)22(30)16-7-9-17(10-8-16)24(4,5)6/h7-12,14,19H,13H2,1-6H3,(H2,26,29)(H,31,32)/t19-,25+/m1/s1. The smallest absolute Gasteiger partial charge is 0.334 e. The molecule has 0 radical (unpaired) electrons. The largest absolute Gasteiger partial charge is 0.479 e. The summed E-state index contributed by atoms with van der Waals surface area (Å²) in [4.78, 5) is 45.1. The van der Waals surface area contributed by atoms with Gasteiger partial charge in [0.15, 0.2) is 5.54 Å². The molecule has 8 heteroatoms. The van der Waals surface area contributed by atoms with Gasteiger partial charge in [-0.1, -0.05) is 46.8 Å². The van der Waals surface area contributed by atoms with Gasteiger partial charge in [-0.2, -0.15) is 0 Å². The van der Waals surface area contributed by atoms with Gasteiger partial charge in [0, 0.05) is 22.7 Å². The normalized spacial score (nSPS) is 21.1. The highest BCUT2D eigenvalue weighted by atomic mass is 32.1. The molecule has 2 aromatic rings. The van der Waals surface area contributed by atoms with E-state index in [1.54, 1.807) is 30.6 Å². The number of carbonyl (C=O) groups excluding carboxylic acids is 2. The van der Waals surface area contributed by atoms with Crippen LogP contribution < -0.4 is 5.73 Å². The maximum Gasteiger partial charge on any atom is 0.334 e. The molecule has 176 valence electrons. The summed E-state index contributed by atoms with van der Waals surface area (Å²) in [6, 6.07) is 6.21. The third-order valence-corrected chi connectivity index (χ3v) is 7.02. The van der Waals surface area contributed by atoms with Crippen LogP contribution in [0.5, 0.6) is 0 Å². The Morgan fingerprint density at radius 1 is 1.21 bits per heavy atom. The Bertz CT molecular complexity index is 1100. The average Bonchev–Trinajstić information content (AvgIpc) is 3.32. The lowest BCUT2D eigenvalue weighted by Crippen LogP contribution is -2.56. The van der Waals surface area contributed by atoms with Gasteiger partial charge in [-0.15, -0.1) is 11.3 Å². The maximum absolute atomic E-state index is 14.0. The fourth-order valence-corrected chi connectivity index (χ4v) is 5.35. The zero-order valence-corrected chi connectivity index (χ0v) is 20.7. The fourth-order valence-electron chi connectivity index (χ4n) is 4.62. The van der Waals surface area contributed by atoms with Crippen LogP contribution in [0.4, 0.5) is 0 Å². The van der Waals surface area contributed by atoms with Gasteiger partial charge >= 0.3 is 5.97 Å². The Morgan fingerprint density at radius 3 is 2.24 bits per heavy atom. The number of aliphatic carboxylic acids is 1. The molecule has 0 saturated heterocycles. The van der Waals surface area contributed by atoms with Crippen LogP contribution >= 0.6 is 11.3 Å². The van der Waals surface area contributed by atoms with Crippen LogP contribution in [-0.2, 0) is 15.0 Å². The van der Waals surface area contributed by atoms with Crippen molar-refractivity contribution in [2.75, 3.05) is 0 Å². The van der Waals surface area contributed by atoms with Crippen LogP contribution in [0.3, 0.4) is 0 Å². The summed E-state index contributed by atoms with van der Waals surface area (Å²) < 4.78 is 0. The van der Waals surface area contributed by atoms with E-state index >= 15 is 0 Å². The number of benzene rings is 1. The number of nitrogens with two attached hydrogens (primary N) is 1. The van der Waals surface area contributed by atoms with Crippen molar-refractivity contribution in [3.05, 3.63) is 63.1 Å². The minimum Gasteiger partial charge on any atom is -0.479 e. The number of nitrogens with zero attached hydrogens (tertiary/aromatic N) is 2. The van der Waals surface area contributed by atoms with Gasteiger partial charge in [0.25, 0.3) is 5.91 Å². The molecule has 0 bridgehead atoms. The summed E-state index contributed by atoms with van der Waals surface area (Å²) in [6.07, 6.45) is 1.70. The third-order valence-electron chi connectivity index (χ3n) is 6.19. The van der Waals surface area contributed by atoms with Crippen molar-refractivity contribution < 1.29 is 19.5 Å². The molecule has 1 aliphatic rings. The van der Waals surface area contributed by atoms with Crippen LogP contribution in [0, 0.1) is 5.92 Å². The van der Waals surface area contributed by atoms with Crippen molar-refractivity contribution in [1.82, 2.24) is 9.88 Å². The van der Waals surface area contributed by atoms with E-state index in [1.807, 2.05) is 26.0 Å². The lowest BCUT2D eigenvalue weighted by atomic mass is 9.81. The molecule has 2 amide bonds. The Labute approximate surface area is 198 Å². The van der Waals surface area contributed by atoms with E-state index in [0.717, 1.165) is 5.56 Å². The molecular weight excluding hydrogens is 438 g/mol. The second-order valence-corrected chi connectivity index (χ2v) is 10.9. The number of carbonyl (C=O) groups is 3. The van der Waals surface area contributed by atoms with Crippen molar-refractivity contribution in [3.8, 4) is 0 Å². The highest BCUT2D eigenvalue weighted by molar-refractivity contribution is 7.09. The molecule has 3 rings (SSSR count). The van der Waals surface area contributed by atoms with E-state index in [-0.39, 0.29) is 28.9 Å². The number of hydrogen-bond donors (Lipinski definition) is 2. The van der Waals surface area contributed by atoms with Gasteiger partial charge in [0.1, 0.15) is 11.0 Å². The molecular formula is C25H31N3O4S. The van der Waals surface area contributed by atoms with Gasteiger partial charge in [-0.25, -0.2) is 9.78 Å². The summed E-state index contributed by atoms with van der Waals surface area (Å²) in [6.45, 7) is 11.6. The Kier molecular flexibility index (Phi) is 6.53. The predicted molar refractivity (Wildman–Crippen MR) is 128 cm³/mol. The third kappa shape index (κ3) is 4.19. The second kappa shape index (κ2) is 8.74. The number of aromatic nitrogens is 1. The predicted octanol–water partition coefficient (Wildman–Crippen LogP) is 4.31. The summed E-state index contributed by atoms with van der Waals surface area (Å²) in [5, 5.41) is 12.7. The first-order chi connectivity index (χ1) is 15.3. The van der Waals surface area contributed by atoms with E-state index in [4.69, 9.17) is 5.73 Å². The zero-order chi connectivity index (χ0) is 24.7. The van der Waals surface area contributed by atoms with Crippen molar-refractivity contribution in [2.24, 2.45) is 11.7 Å². The van der Waals surface area contributed by atoms with Crippen LogP contribution in [0.1, 0.15) is 74.9 Å². The molecule has 0 fully saturated rings. The molecule has 1 aromatic carbocycles. The molecule has 3 N–H and O–H groups in total. The first kappa shape index (κ1) is 24.6. The molecule has 0 spiro atoms. The second-order valence-electron chi connectivity index (χ2n) is 9.94. The van der Waals surface area contributed by atoms with Gasteiger partial charge in [-0.05, 0) is 47.9 Å². The quantitative estimate of drug-likeness (QED) is 0.654. The van der Waals surface area contributed by atoms with E-state index in [1.165, 1.54) is 16.2 Å². The number of thiazole rings is 1. The van der Waals surface area contributed by atoms with Gasteiger partial charge in [-0.3, -0.25) is 9.59 Å². The van der Waals surface area contributed by atoms with E-state index in [0.29, 0.717) is 10.6 Å². The van der Waals surface area contributed by atoms with E-state index < -0.39 is 29.4 Å². The number of rotatable bonds is 6. The molecule has 0 aliphatic carbocycles. The maximum atomic E-state index is 14.0.